The van der Waals surface area contributed by atoms with Crippen molar-refractivity contribution in [2.75, 3.05) is 13.1 Å². The first-order valence-corrected chi connectivity index (χ1v) is 9.36. The molecule has 0 unspecified atom stereocenters. The molecular weight excluding hydrogens is 356 g/mol. The van der Waals surface area contributed by atoms with Gasteiger partial charge in [-0.25, -0.2) is 14.6 Å². The number of benzene rings is 1. The van der Waals surface area contributed by atoms with Crippen molar-refractivity contribution < 1.29 is 4.79 Å². The summed E-state index contributed by atoms with van der Waals surface area (Å²) in [5.74, 6) is 0.456. The molecule has 0 bridgehead atoms. The molecule has 0 aliphatic carbocycles. The van der Waals surface area contributed by atoms with Crippen LogP contribution in [0.2, 0.25) is 0 Å². The second-order valence-electron chi connectivity index (χ2n) is 7.17. The monoisotopic (exact) mass is 378 g/mol. The molecule has 0 radical (unpaired) electrons. The second-order valence-corrected chi connectivity index (χ2v) is 7.17. The molecule has 1 saturated heterocycles. The van der Waals surface area contributed by atoms with Crippen LogP contribution < -0.4 is 5.56 Å². The Morgan fingerprint density at radius 2 is 2.25 bits per heavy atom. The Labute approximate surface area is 162 Å². The minimum atomic E-state index is -0.423. The Balaban J connectivity index is 1.49. The van der Waals surface area contributed by atoms with Gasteiger partial charge in [0.15, 0.2) is 0 Å². The third-order valence-electron chi connectivity index (χ3n) is 5.08. The molecule has 2 aromatic heterocycles. The van der Waals surface area contributed by atoms with Crippen molar-refractivity contribution in [3.63, 3.8) is 0 Å². The highest BCUT2D eigenvalue weighted by atomic mass is 16.2. The van der Waals surface area contributed by atoms with Crippen LogP contribution in [0.1, 0.15) is 46.1 Å². The van der Waals surface area contributed by atoms with E-state index in [4.69, 9.17) is 0 Å². The first kappa shape index (κ1) is 18.1. The van der Waals surface area contributed by atoms with E-state index >= 15 is 0 Å². The largest absolute Gasteiger partial charge is 0.338 e. The molecule has 1 aromatic carbocycles. The molecule has 144 valence electrons. The van der Waals surface area contributed by atoms with Crippen LogP contribution in [0, 0.1) is 6.92 Å². The number of rotatable bonds is 4. The average molecular weight is 378 g/mol. The van der Waals surface area contributed by atoms with Gasteiger partial charge in [0.2, 0.25) is 0 Å². The van der Waals surface area contributed by atoms with E-state index < -0.39 is 5.56 Å². The predicted molar refractivity (Wildman–Crippen MR) is 103 cm³/mol. The molecule has 0 spiro atoms. The molecule has 3 aromatic rings. The van der Waals surface area contributed by atoms with E-state index in [-0.39, 0.29) is 17.4 Å². The van der Waals surface area contributed by atoms with Crippen molar-refractivity contribution in [2.45, 2.75) is 32.2 Å². The van der Waals surface area contributed by atoms with Gasteiger partial charge in [-0.05, 0) is 25.3 Å². The van der Waals surface area contributed by atoms with Gasteiger partial charge >= 0.3 is 0 Å². The number of hydrogen-bond donors (Lipinski definition) is 1. The van der Waals surface area contributed by atoms with Crippen LogP contribution in [0.15, 0.2) is 47.9 Å². The number of carbonyl (C=O) groups excluding carboxylic acids is 1. The van der Waals surface area contributed by atoms with Crippen molar-refractivity contribution in [3.05, 3.63) is 76.0 Å². The Morgan fingerprint density at radius 3 is 3.00 bits per heavy atom. The van der Waals surface area contributed by atoms with Crippen LogP contribution in [0.25, 0.3) is 0 Å². The number of nitrogens with one attached hydrogen (secondary N) is 1. The van der Waals surface area contributed by atoms with Gasteiger partial charge in [0.05, 0.1) is 0 Å². The molecule has 1 atom stereocenters. The summed E-state index contributed by atoms with van der Waals surface area (Å²) in [6.07, 6.45) is 6.28. The lowest BCUT2D eigenvalue weighted by atomic mass is 9.89. The number of hydrogen-bond acceptors (Lipinski definition) is 5. The van der Waals surface area contributed by atoms with E-state index in [9.17, 15) is 9.59 Å². The summed E-state index contributed by atoms with van der Waals surface area (Å²) in [7, 11) is 0. The Bertz CT molecular complexity index is 1030. The molecule has 8 nitrogen and oxygen atoms in total. The number of H-pyrrole nitrogens is 1. The summed E-state index contributed by atoms with van der Waals surface area (Å²) in [5.41, 5.74) is 2.11. The third kappa shape index (κ3) is 3.85. The van der Waals surface area contributed by atoms with Crippen LogP contribution in [-0.2, 0) is 6.54 Å². The lowest BCUT2D eigenvalue weighted by Crippen LogP contribution is -2.41. The zero-order valence-corrected chi connectivity index (χ0v) is 15.7. The quantitative estimate of drug-likeness (QED) is 0.746. The van der Waals surface area contributed by atoms with E-state index in [1.807, 2.05) is 6.07 Å². The van der Waals surface area contributed by atoms with Crippen molar-refractivity contribution in [3.8, 4) is 0 Å². The number of carbonyl (C=O) groups is 1. The van der Waals surface area contributed by atoms with Crippen LogP contribution in [0.5, 0.6) is 0 Å². The first-order chi connectivity index (χ1) is 13.6. The van der Waals surface area contributed by atoms with Crippen molar-refractivity contribution in [2.24, 2.45) is 0 Å². The number of likely N-dealkylation sites (tertiary alicyclic amines) is 1. The van der Waals surface area contributed by atoms with Crippen LogP contribution in [0.4, 0.5) is 0 Å². The molecule has 28 heavy (non-hydrogen) atoms. The van der Waals surface area contributed by atoms with Gasteiger partial charge in [0.1, 0.15) is 30.6 Å². The van der Waals surface area contributed by atoms with E-state index in [0.717, 1.165) is 12.8 Å². The van der Waals surface area contributed by atoms with Crippen LogP contribution >= 0.6 is 0 Å². The fourth-order valence-corrected chi connectivity index (χ4v) is 3.66. The summed E-state index contributed by atoms with van der Waals surface area (Å²) < 4.78 is 1.55. The first-order valence-electron chi connectivity index (χ1n) is 9.36. The van der Waals surface area contributed by atoms with E-state index in [1.165, 1.54) is 30.0 Å². The molecule has 1 fully saturated rings. The summed E-state index contributed by atoms with van der Waals surface area (Å²) in [6.45, 7) is 3.63. The maximum atomic E-state index is 12.9. The summed E-state index contributed by atoms with van der Waals surface area (Å²) in [4.78, 5) is 37.9. The highest BCUT2D eigenvalue weighted by molar-refractivity contribution is 5.93. The Kier molecular flexibility index (Phi) is 5.01. The number of amides is 1. The molecule has 1 aliphatic heterocycles. The van der Waals surface area contributed by atoms with Gasteiger partial charge in [-0.3, -0.25) is 9.59 Å². The smallest absolute Gasteiger partial charge is 0.263 e. The maximum Gasteiger partial charge on any atom is 0.263 e. The van der Waals surface area contributed by atoms with Crippen molar-refractivity contribution >= 4 is 5.91 Å². The fraction of sp³-hybridized carbons (Fsp3) is 0.350. The number of aromatic amines is 1. The minimum absolute atomic E-state index is 0.0761. The van der Waals surface area contributed by atoms with Crippen molar-refractivity contribution in [1.29, 1.82) is 0 Å². The summed E-state index contributed by atoms with van der Waals surface area (Å²) in [6, 6.07) is 8.40. The van der Waals surface area contributed by atoms with E-state index in [1.54, 1.807) is 9.58 Å². The number of aryl methyl sites for hydroxylation is 1. The SMILES string of the molecule is Cc1cccc([C@@H]2CCCN(C(=O)c3cnc(Cn4cncn4)[nH]c3=O)C2)c1. The van der Waals surface area contributed by atoms with Gasteiger partial charge < -0.3 is 9.88 Å². The van der Waals surface area contributed by atoms with E-state index in [0.29, 0.717) is 25.5 Å². The predicted octanol–water partition coefficient (Wildman–Crippen LogP) is 1.74. The molecule has 1 amide bonds. The van der Waals surface area contributed by atoms with Crippen LogP contribution in [-0.4, -0.2) is 48.6 Å². The summed E-state index contributed by atoms with van der Waals surface area (Å²) >= 11 is 0. The molecule has 3 heterocycles. The van der Waals surface area contributed by atoms with Gasteiger partial charge in [-0.2, -0.15) is 5.10 Å². The lowest BCUT2D eigenvalue weighted by Gasteiger charge is -2.33. The number of aromatic nitrogens is 5. The highest BCUT2D eigenvalue weighted by Gasteiger charge is 2.27. The zero-order chi connectivity index (χ0) is 19.5. The van der Waals surface area contributed by atoms with Gasteiger partial charge in [0.25, 0.3) is 11.5 Å². The Hall–Kier alpha value is -3.29. The van der Waals surface area contributed by atoms with Crippen LogP contribution in [0.3, 0.4) is 0 Å². The van der Waals surface area contributed by atoms with E-state index in [2.05, 4.69) is 45.2 Å². The molecule has 4 rings (SSSR count). The topological polar surface area (TPSA) is 96.8 Å². The second kappa shape index (κ2) is 7.75. The number of nitrogens with zero attached hydrogens (tertiary/aromatic N) is 5. The third-order valence-corrected chi connectivity index (χ3v) is 5.08. The van der Waals surface area contributed by atoms with Gasteiger partial charge in [-0.1, -0.05) is 29.8 Å². The molecule has 1 aliphatic rings. The fourth-order valence-electron chi connectivity index (χ4n) is 3.66. The average Bonchev–Trinajstić information content (AvgIpc) is 3.21. The maximum absolute atomic E-state index is 12.9. The molecular formula is C20H22N6O2. The molecule has 1 N–H and O–H groups in total. The standard InChI is InChI=1S/C20H22N6O2/c1-14-4-2-5-15(8-14)16-6-3-7-25(10-16)20(28)17-9-22-18(24-19(17)27)11-26-13-21-12-23-26/h2,4-5,8-9,12-13,16H,3,6-7,10-11H2,1H3,(H,22,24,27)/t16-/m1/s1. The zero-order valence-electron chi connectivity index (χ0n) is 15.7. The van der Waals surface area contributed by atoms with Gasteiger partial charge in [-0.15, -0.1) is 0 Å². The number of piperidine rings is 1. The Morgan fingerprint density at radius 1 is 1.36 bits per heavy atom. The van der Waals surface area contributed by atoms with Gasteiger partial charge in [0, 0.05) is 25.2 Å². The summed E-state index contributed by atoms with van der Waals surface area (Å²) in [5, 5.41) is 3.98. The lowest BCUT2D eigenvalue weighted by molar-refractivity contribution is 0.0704. The normalized spacial score (nSPS) is 16.9. The minimum Gasteiger partial charge on any atom is -0.338 e. The molecule has 8 heteroatoms. The molecule has 0 saturated carbocycles. The highest BCUT2D eigenvalue weighted by Crippen LogP contribution is 2.27. The van der Waals surface area contributed by atoms with Crippen molar-refractivity contribution in [1.82, 2.24) is 29.6 Å².